The number of anilines is 2. The summed E-state index contributed by atoms with van der Waals surface area (Å²) in [6, 6.07) is 8.99. The van der Waals surface area contributed by atoms with E-state index in [0.717, 1.165) is 29.1 Å². The fourth-order valence-electron chi connectivity index (χ4n) is 5.08. The molecule has 200 valence electrons. The number of hydrogen-bond donors (Lipinski definition) is 1. The van der Waals surface area contributed by atoms with Crippen molar-refractivity contribution < 1.29 is 14.0 Å². The van der Waals surface area contributed by atoms with E-state index < -0.39 is 5.54 Å². The van der Waals surface area contributed by atoms with Crippen LogP contribution in [0, 0.1) is 23.6 Å². The van der Waals surface area contributed by atoms with Crippen molar-refractivity contribution in [2.75, 3.05) is 36.0 Å². The first-order chi connectivity index (χ1) is 17.9. The van der Waals surface area contributed by atoms with Gasteiger partial charge in [-0.2, -0.15) is 0 Å². The van der Waals surface area contributed by atoms with Crippen LogP contribution in [0.5, 0.6) is 0 Å². The Balaban J connectivity index is 1.45. The van der Waals surface area contributed by atoms with E-state index in [2.05, 4.69) is 29.8 Å². The Morgan fingerprint density at radius 1 is 1.13 bits per heavy atom. The molecule has 1 aromatic carbocycles. The largest absolute Gasteiger partial charge is 0.353 e. The zero-order valence-corrected chi connectivity index (χ0v) is 22.8. The zero-order chi connectivity index (χ0) is 27.7. The van der Waals surface area contributed by atoms with Crippen LogP contribution in [-0.2, 0) is 16.0 Å². The van der Waals surface area contributed by atoms with Gasteiger partial charge in [-0.3, -0.25) is 10.2 Å². The third kappa shape index (κ3) is 5.85. The van der Waals surface area contributed by atoms with Gasteiger partial charge in [0, 0.05) is 55.6 Å². The van der Waals surface area contributed by atoms with Gasteiger partial charge in [0.15, 0.2) is 0 Å². The smallest absolute Gasteiger partial charge is 0.272 e. The molecule has 1 aromatic heterocycles. The van der Waals surface area contributed by atoms with Gasteiger partial charge in [-0.15, -0.1) is 0 Å². The highest BCUT2D eigenvalue weighted by Gasteiger charge is 2.38. The lowest BCUT2D eigenvalue weighted by Gasteiger charge is -2.47. The molecule has 38 heavy (non-hydrogen) atoms. The average Bonchev–Trinajstić information content (AvgIpc) is 3.18. The number of aromatic nitrogens is 1. The number of benzene rings is 1. The van der Waals surface area contributed by atoms with E-state index in [9.17, 15) is 14.0 Å². The number of nitrogens with one attached hydrogen (secondary N) is 1. The maximum absolute atomic E-state index is 14.3. The van der Waals surface area contributed by atoms with Crippen LogP contribution in [0.4, 0.5) is 15.9 Å². The number of aldehydes is 1. The number of carbonyl (C=O) groups excluding carboxylic acids is 2. The summed E-state index contributed by atoms with van der Waals surface area (Å²) in [5.74, 6) is 0.219. The Kier molecular flexibility index (Phi) is 7.54. The van der Waals surface area contributed by atoms with Crippen molar-refractivity contribution in [3.05, 3.63) is 77.4 Å². The second-order valence-electron chi connectivity index (χ2n) is 11.4. The summed E-state index contributed by atoms with van der Waals surface area (Å²) in [5.41, 5.74) is 2.30. The molecule has 1 amide bonds. The minimum atomic E-state index is -0.515. The first-order valence-corrected chi connectivity index (χ1v) is 12.9. The van der Waals surface area contributed by atoms with Gasteiger partial charge in [-0.1, -0.05) is 32.1 Å². The Morgan fingerprint density at radius 3 is 2.53 bits per heavy atom. The van der Waals surface area contributed by atoms with Crippen molar-refractivity contribution in [1.82, 2.24) is 9.88 Å². The summed E-state index contributed by atoms with van der Waals surface area (Å²) in [5, 5.41) is 8.54. The molecule has 1 fully saturated rings. The van der Waals surface area contributed by atoms with Crippen LogP contribution in [0.15, 0.2) is 60.5 Å². The van der Waals surface area contributed by atoms with Crippen molar-refractivity contribution in [2.45, 2.75) is 46.6 Å². The Labute approximate surface area is 224 Å². The number of amides is 1. The lowest BCUT2D eigenvalue weighted by atomic mass is 9.95. The highest BCUT2D eigenvalue weighted by atomic mass is 19.1. The van der Waals surface area contributed by atoms with Crippen molar-refractivity contribution in [1.29, 1.82) is 5.41 Å². The molecule has 0 saturated carbocycles. The van der Waals surface area contributed by atoms with Gasteiger partial charge in [0.2, 0.25) is 0 Å². The summed E-state index contributed by atoms with van der Waals surface area (Å²) in [6.45, 7) is 12.2. The number of aryl methyl sites for hydroxylation is 1. The first kappa shape index (κ1) is 27.2. The van der Waals surface area contributed by atoms with Crippen molar-refractivity contribution in [2.24, 2.45) is 5.41 Å². The number of rotatable bonds is 7. The van der Waals surface area contributed by atoms with E-state index in [-0.39, 0.29) is 22.9 Å². The average molecular weight is 518 g/mol. The summed E-state index contributed by atoms with van der Waals surface area (Å²) in [4.78, 5) is 34.5. The van der Waals surface area contributed by atoms with Crippen LogP contribution < -0.4 is 9.80 Å². The number of pyridine rings is 1. The van der Waals surface area contributed by atoms with Crippen molar-refractivity contribution in [3.8, 4) is 0 Å². The van der Waals surface area contributed by atoms with Crippen LogP contribution in [-0.4, -0.2) is 59.5 Å². The highest BCUT2D eigenvalue weighted by Crippen LogP contribution is 2.36. The van der Waals surface area contributed by atoms with Crippen molar-refractivity contribution in [3.63, 3.8) is 0 Å². The normalized spacial score (nSPS) is 18.6. The van der Waals surface area contributed by atoms with E-state index in [1.807, 2.05) is 36.9 Å². The molecule has 0 spiro atoms. The van der Waals surface area contributed by atoms with E-state index in [4.69, 9.17) is 5.41 Å². The molecule has 7 nitrogen and oxygen atoms in total. The molecule has 1 saturated heterocycles. The third-order valence-electron chi connectivity index (χ3n) is 7.13. The van der Waals surface area contributed by atoms with Crippen LogP contribution in [0.1, 0.15) is 38.8 Å². The van der Waals surface area contributed by atoms with Gasteiger partial charge in [0.1, 0.15) is 23.6 Å². The molecule has 3 heterocycles. The molecule has 0 unspecified atom stereocenters. The fraction of sp³-hybridized carbons (Fsp3) is 0.400. The summed E-state index contributed by atoms with van der Waals surface area (Å²) < 4.78 is 14.3. The van der Waals surface area contributed by atoms with Crippen LogP contribution in [0.3, 0.4) is 0 Å². The lowest BCUT2D eigenvalue weighted by Crippen LogP contribution is -2.62. The quantitative estimate of drug-likeness (QED) is 0.425. The second-order valence-corrected chi connectivity index (χ2v) is 11.4. The molecular formula is C30H36FN5O2. The first-order valence-electron chi connectivity index (χ1n) is 12.9. The van der Waals surface area contributed by atoms with E-state index >= 15 is 0 Å². The number of nitrogens with zero attached hydrogens (tertiary/aromatic N) is 4. The van der Waals surface area contributed by atoms with Crippen LogP contribution in [0.2, 0.25) is 0 Å². The SMILES string of the molecule is Cc1ccc(N2CC(C)(C)C=C2/C=C\C(=N)C(=O)N2CCN(c3ccc(CC=O)cn3)CC2(C)C)cc1F. The van der Waals surface area contributed by atoms with Gasteiger partial charge in [0.05, 0.1) is 5.54 Å². The molecule has 0 atom stereocenters. The highest BCUT2D eigenvalue weighted by molar-refractivity contribution is 6.42. The lowest BCUT2D eigenvalue weighted by molar-refractivity contribution is -0.129. The monoisotopic (exact) mass is 517 g/mol. The van der Waals surface area contributed by atoms with E-state index in [0.29, 0.717) is 38.2 Å². The Hall–Kier alpha value is -3.81. The molecular weight excluding hydrogens is 481 g/mol. The number of halogens is 1. The van der Waals surface area contributed by atoms with Gasteiger partial charge in [-0.25, -0.2) is 9.37 Å². The Morgan fingerprint density at radius 2 is 1.89 bits per heavy atom. The van der Waals surface area contributed by atoms with Crippen LogP contribution in [0.25, 0.3) is 0 Å². The standard InChI is InChI=1S/C30H36FN5O2/c1-21-6-8-23(16-25(21)31)35-19-29(2,3)17-24(35)9-10-26(32)28(38)36-14-13-34(20-30(36,4)5)27-11-7-22(12-15-37)18-33-27/h6-11,15-18,32H,12-14,19-20H2,1-5H3/b10-9-,32-26?. The maximum Gasteiger partial charge on any atom is 0.272 e. The number of allylic oxidation sites excluding steroid dienone is 1. The fourth-order valence-corrected chi connectivity index (χ4v) is 5.08. The minimum Gasteiger partial charge on any atom is -0.353 e. The molecule has 2 aliphatic heterocycles. The molecule has 2 aromatic rings. The number of hydrogen-bond acceptors (Lipinski definition) is 6. The van der Waals surface area contributed by atoms with Gasteiger partial charge in [0.25, 0.3) is 5.91 Å². The molecule has 0 radical (unpaired) electrons. The topological polar surface area (TPSA) is 80.6 Å². The maximum atomic E-state index is 14.3. The molecule has 1 N–H and O–H groups in total. The zero-order valence-electron chi connectivity index (χ0n) is 22.8. The van der Waals surface area contributed by atoms with Crippen molar-refractivity contribution >= 4 is 29.4 Å². The molecule has 8 heteroatoms. The number of carbonyl (C=O) groups is 2. The predicted octanol–water partition coefficient (Wildman–Crippen LogP) is 4.70. The number of piperazine rings is 1. The van der Waals surface area contributed by atoms with Gasteiger partial charge >= 0.3 is 0 Å². The molecule has 0 bridgehead atoms. The van der Waals surface area contributed by atoms with Crippen LogP contribution >= 0.6 is 0 Å². The van der Waals surface area contributed by atoms with E-state index in [1.54, 1.807) is 36.2 Å². The van der Waals surface area contributed by atoms with E-state index in [1.165, 1.54) is 6.07 Å². The Bertz CT molecular complexity index is 1300. The molecule has 2 aliphatic rings. The van der Waals surface area contributed by atoms with Gasteiger partial charge in [-0.05, 0) is 62.2 Å². The summed E-state index contributed by atoms with van der Waals surface area (Å²) in [6.07, 6.45) is 8.32. The minimum absolute atomic E-state index is 0.0940. The molecule has 0 aliphatic carbocycles. The second kappa shape index (κ2) is 10.5. The third-order valence-corrected chi connectivity index (χ3v) is 7.13. The summed E-state index contributed by atoms with van der Waals surface area (Å²) >= 11 is 0. The molecule has 4 rings (SSSR count). The van der Waals surface area contributed by atoms with Gasteiger partial charge < -0.3 is 19.5 Å². The predicted molar refractivity (Wildman–Crippen MR) is 149 cm³/mol. The summed E-state index contributed by atoms with van der Waals surface area (Å²) in [7, 11) is 0.